The Morgan fingerprint density at radius 1 is 0.679 bits per heavy atom. The maximum Gasteiger partial charge on any atom is 0.326 e. The molecule has 0 aliphatic heterocycles. The fraction of sp³-hybridized carbons (Fsp3) is 0.472. The van der Waals surface area contributed by atoms with Crippen LogP contribution in [0.5, 0.6) is 5.75 Å². The van der Waals surface area contributed by atoms with Crippen LogP contribution in [0.4, 0.5) is 0 Å². The fourth-order valence-corrected chi connectivity index (χ4v) is 4.82. The summed E-state index contributed by atoms with van der Waals surface area (Å²) in [6.07, 6.45) is 1.72. The molecule has 0 heterocycles. The van der Waals surface area contributed by atoms with Crippen LogP contribution in [0.1, 0.15) is 57.6 Å². The van der Waals surface area contributed by atoms with E-state index < -0.39 is 78.7 Å². The van der Waals surface area contributed by atoms with Gasteiger partial charge in [-0.1, -0.05) is 56.3 Å². The molecule has 5 amide bonds. The number of carbonyl (C=O) groups excluding carboxylic acids is 5. The number of carboxylic acids is 2. The molecule has 0 bridgehead atoms. The Balaban J connectivity index is 0.00000333. The summed E-state index contributed by atoms with van der Waals surface area (Å²) in [7, 11) is 0. The van der Waals surface area contributed by atoms with Crippen molar-refractivity contribution in [2.24, 2.45) is 17.4 Å². The molecule has 0 radical (unpaired) electrons. The number of rotatable bonds is 21. The van der Waals surface area contributed by atoms with Crippen molar-refractivity contribution in [3.63, 3.8) is 0 Å². The van der Waals surface area contributed by atoms with Gasteiger partial charge in [0.25, 0.3) is 5.97 Å². The molecule has 12 N–H and O–H groups in total. The lowest BCUT2D eigenvalue weighted by molar-refractivity contribution is -0.142. The highest BCUT2D eigenvalue weighted by Crippen LogP contribution is 2.12. The van der Waals surface area contributed by atoms with E-state index in [-0.39, 0.29) is 37.4 Å². The highest BCUT2D eigenvalue weighted by molar-refractivity contribution is 5.94. The van der Waals surface area contributed by atoms with E-state index in [2.05, 4.69) is 26.6 Å². The molecule has 0 fully saturated rings. The number of phenolic OH excluding ortho intramolecular Hbond substituents is 1. The first kappa shape index (κ1) is 45.5. The lowest BCUT2D eigenvalue weighted by atomic mass is 10.0. The van der Waals surface area contributed by atoms with Crippen molar-refractivity contribution < 1.29 is 48.9 Å². The van der Waals surface area contributed by atoms with E-state index in [0.717, 1.165) is 12.5 Å². The Kier molecular flexibility index (Phi) is 21.1. The van der Waals surface area contributed by atoms with Gasteiger partial charge in [-0.15, -0.1) is 0 Å². The fourth-order valence-electron chi connectivity index (χ4n) is 4.82. The van der Waals surface area contributed by atoms with Crippen LogP contribution in [-0.4, -0.2) is 101 Å². The van der Waals surface area contributed by atoms with Crippen LogP contribution < -0.4 is 38.1 Å². The van der Waals surface area contributed by atoms with Gasteiger partial charge in [-0.05, 0) is 67.8 Å². The summed E-state index contributed by atoms with van der Waals surface area (Å²) in [6, 6.07) is 10.7. The van der Waals surface area contributed by atoms with Crippen molar-refractivity contribution in [2.45, 2.75) is 83.5 Å². The molecule has 0 saturated carbocycles. The van der Waals surface area contributed by atoms with E-state index in [1.165, 1.54) is 12.1 Å². The van der Waals surface area contributed by atoms with Crippen LogP contribution in [-0.2, 0) is 46.4 Å². The first-order chi connectivity index (χ1) is 25.0. The number of hydrogen-bond acceptors (Lipinski definition) is 10. The molecular weight excluding hydrogens is 690 g/mol. The molecule has 0 aliphatic carbocycles. The molecule has 0 aromatic heterocycles. The lowest BCUT2D eigenvalue weighted by Gasteiger charge is -2.25. The zero-order chi connectivity index (χ0) is 39.9. The summed E-state index contributed by atoms with van der Waals surface area (Å²) < 4.78 is 0. The van der Waals surface area contributed by atoms with Crippen molar-refractivity contribution in [3.05, 3.63) is 65.7 Å². The standard InChI is InChI=1S/C34H49N7O8.C2H4O2/c1-21(2)16-27(32(46)40-26(34(48)49)10-6-7-15-35)41-33(47)28(18-22-8-4-3-5-9-22)39-30(44)20-37-29(43)19-38-31(45)25(36)17-23-11-13-24(42)14-12-23;1-2(3)4/h3-5,8-9,11-14,21,25-28,42H,6-7,10,15-20,35-36H2,1-2H3,(H,37,43)(H,38,45)(H,39,44)(H,40,46)(H,41,47)(H,48,49);1H3,(H,3,4)/t25-,26-,27-,28-;/m0./s1. The van der Waals surface area contributed by atoms with Crippen molar-refractivity contribution in [2.75, 3.05) is 19.6 Å². The molecule has 0 aliphatic rings. The smallest absolute Gasteiger partial charge is 0.326 e. The quantitative estimate of drug-likeness (QED) is 0.0727. The van der Waals surface area contributed by atoms with Gasteiger partial charge in [-0.2, -0.15) is 0 Å². The van der Waals surface area contributed by atoms with Crippen LogP contribution in [0.25, 0.3) is 0 Å². The van der Waals surface area contributed by atoms with Gasteiger partial charge >= 0.3 is 5.97 Å². The van der Waals surface area contributed by atoms with E-state index in [9.17, 15) is 39.0 Å². The maximum atomic E-state index is 13.5. The van der Waals surface area contributed by atoms with E-state index in [0.29, 0.717) is 24.9 Å². The predicted molar refractivity (Wildman–Crippen MR) is 195 cm³/mol. The van der Waals surface area contributed by atoms with Gasteiger partial charge in [-0.25, -0.2) is 4.79 Å². The van der Waals surface area contributed by atoms with Crippen molar-refractivity contribution in [3.8, 4) is 5.75 Å². The highest BCUT2D eigenvalue weighted by Gasteiger charge is 2.30. The molecule has 0 saturated heterocycles. The Hall–Kier alpha value is -5.55. The molecule has 0 unspecified atom stereocenters. The minimum Gasteiger partial charge on any atom is -0.508 e. The third-order valence-electron chi connectivity index (χ3n) is 7.43. The van der Waals surface area contributed by atoms with Gasteiger partial charge in [-0.3, -0.25) is 28.8 Å². The molecule has 292 valence electrons. The van der Waals surface area contributed by atoms with Crippen molar-refractivity contribution >= 4 is 41.5 Å². The number of benzene rings is 2. The Labute approximate surface area is 308 Å². The third kappa shape index (κ3) is 20.2. The largest absolute Gasteiger partial charge is 0.508 e. The van der Waals surface area contributed by atoms with Gasteiger partial charge < -0.3 is 53.4 Å². The molecule has 0 spiro atoms. The van der Waals surface area contributed by atoms with Gasteiger partial charge in [0.15, 0.2) is 0 Å². The van der Waals surface area contributed by atoms with Crippen LogP contribution in [0.15, 0.2) is 54.6 Å². The number of carboxylic acid groups (broad SMARTS) is 2. The van der Waals surface area contributed by atoms with E-state index >= 15 is 0 Å². The zero-order valence-corrected chi connectivity index (χ0v) is 30.3. The third-order valence-corrected chi connectivity index (χ3v) is 7.43. The monoisotopic (exact) mass is 743 g/mol. The van der Waals surface area contributed by atoms with Crippen molar-refractivity contribution in [1.82, 2.24) is 26.6 Å². The molecule has 17 heteroatoms. The number of aromatic hydroxyl groups is 1. The Morgan fingerprint density at radius 2 is 1.23 bits per heavy atom. The first-order valence-electron chi connectivity index (χ1n) is 17.2. The molecule has 53 heavy (non-hydrogen) atoms. The first-order valence-corrected chi connectivity index (χ1v) is 17.2. The number of nitrogens with one attached hydrogen (secondary N) is 5. The van der Waals surface area contributed by atoms with Crippen molar-refractivity contribution in [1.29, 1.82) is 0 Å². The molecule has 4 atom stereocenters. The zero-order valence-electron chi connectivity index (χ0n) is 30.3. The summed E-state index contributed by atoms with van der Waals surface area (Å²) in [6.45, 7) is 4.21. The summed E-state index contributed by atoms with van der Waals surface area (Å²) in [5, 5.41) is 39.0. The summed E-state index contributed by atoms with van der Waals surface area (Å²) >= 11 is 0. The normalized spacial score (nSPS) is 12.8. The number of aliphatic carboxylic acids is 2. The maximum absolute atomic E-state index is 13.5. The summed E-state index contributed by atoms with van der Waals surface area (Å²) in [5.41, 5.74) is 12.9. The van der Waals surface area contributed by atoms with Crippen LogP contribution in [0.3, 0.4) is 0 Å². The number of hydrogen-bond donors (Lipinski definition) is 10. The molecule has 2 rings (SSSR count). The number of unbranched alkanes of at least 4 members (excludes halogenated alkanes) is 1. The minimum atomic E-state index is -1.20. The van der Waals surface area contributed by atoms with Gasteiger partial charge in [0.1, 0.15) is 23.9 Å². The topological polar surface area (TPSA) is 292 Å². The summed E-state index contributed by atoms with van der Waals surface area (Å²) in [5.74, 6) is -5.29. The van der Waals surface area contributed by atoms with Gasteiger partial charge in [0.05, 0.1) is 19.1 Å². The molecule has 2 aromatic carbocycles. The average molecular weight is 744 g/mol. The van der Waals surface area contributed by atoms with Crippen LogP contribution in [0, 0.1) is 5.92 Å². The number of carbonyl (C=O) groups is 7. The highest BCUT2D eigenvalue weighted by atomic mass is 16.4. The Morgan fingerprint density at radius 3 is 1.79 bits per heavy atom. The second-order valence-electron chi connectivity index (χ2n) is 12.7. The Bertz CT molecular complexity index is 1490. The molecule has 2 aromatic rings. The average Bonchev–Trinajstić information content (AvgIpc) is 3.09. The number of nitrogens with two attached hydrogens (primary N) is 2. The second-order valence-corrected chi connectivity index (χ2v) is 12.7. The predicted octanol–water partition coefficient (Wildman–Crippen LogP) is -0.458. The van der Waals surface area contributed by atoms with E-state index in [1.807, 2.05) is 13.8 Å². The SMILES string of the molecule is CC(=O)O.CC(C)C[C@H](NC(=O)[C@H](Cc1ccccc1)NC(=O)CNC(=O)CNC(=O)[C@@H](N)Cc1ccc(O)cc1)C(=O)N[C@@H](CCCCN)C(=O)O. The van der Waals surface area contributed by atoms with Crippen LogP contribution >= 0.6 is 0 Å². The minimum absolute atomic E-state index is 0.0446. The number of amides is 5. The summed E-state index contributed by atoms with van der Waals surface area (Å²) in [4.78, 5) is 85.1. The second kappa shape index (κ2) is 24.6. The number of phenols is 1. The van der Waals surface area contributed by atoms with Gasteiger partial charge in [0, 0.05) is 13.3 Å². The van der Waals surface area contributed by atoms with Gasteiger partial charge in [0.2, 0.25) is 29.5 Å². The molecule has 17 nitrogen and oxygen atoms in total. The van der Waals surface area contributed by atoms with E-state index in [4.69, 9.17) is 21.4 Å². The van der Waals surface area contributed by atoms with Crippen LogP contribution in [0.2, 0.25) is 0 Å². The van der Waals surface area contributed by atoms with E-state index in [1.54, 1.807) is 42.5 Å². The lowest BCUT2D eigenvalue weighted by Crippen LogP contribution is -2.57. The molecular formula is C36H53N7O10.